The number of thiazole rings is 1. The molecule has 0 spiro atoms. The molecule has 1 aliphatic heterocycles. The van der Waals surface area contributed by atoms with Gasteiger partial charge < -0.3 is 20.7 Å². The third-order valence-electron chi connectivity index (χ3n) is 5.31. The van der Waals surface area contributed by atoms with Crippen LogP contribution in [0.3, 0.4) is 0 Å². The van der Waals surface area contributed by atoms with Crippen LogP contribution in [0.25, 0.3) is 0 Å². The average molecular weight is 520 g/mol. The van der Waals surface area contributed by atoms with Crippen molar-refractivity contribution in [2.75, 3.05) is 42.9 Å². The second kappa shape index (κ2) is 12.8. The van der Waals surface area contributed by atoms with E-state index in [0.29, 0.717) is 24.3 Å². The van der Waals surface area contributed by atoms with Crippen LogP contribution < -0.4 is 20.7 Å². The minimum atomic E-state index is -4.11. The summed E-state index contributed by atoms with van der Waals surface area (Å²) in [6, 6.07) is 3.14. The topological polar surface area (TPSA) is 104 Å². The predicted octanol–water partition coefficient (Wildman–Crippen LogP) is 3.68. The lowest BCUT2D eigenvalue weighted by molar-refractivity contribution is 0.0775. The second-order valence-corrected chi connectivity index (χ2v) is 10.9. The molecule has 8 nitrogen and oxygen atoms in total. The van der Waals surface area contributed by atoms with Crippen molar-refractivity contribution in [1.82, 2.24) is 15.6 Å². The van der Waals surface area contributed by atoms with Gasteiger partial charge in [-0.05, 0) is 51.3 Å². The number of aromatic nitrogens is 1. The molecule has 0 unspecified atom stereocenters. The van der Waals surface area contributed by atoms with Crippen molar-refractivity contribution in [2.45, 2.75) is 49.6 Å². The summed E-state index contributed by atoms with van der Waals surface area (Å²) in [4.78, 5) is 3.34. The maximum Gasteiger partial charge on any atom is 0.266 e. The Hall–Kier alpha value is -1.50. The first-order chi connectivity index (χ1) is 15.8. The molecule has 33 heavy (non-hydrogen) atoms. The van der Waals surface area contributed by atoms with E-state index in [1.807, 2.05) is 0 Å². The summed E-state index contributed by atoms with van der Waals surface area (Å²) >= 11 is 7.31. The van der Waals surface area contributed by atoms with Crippen LogP contribution in [-0.2, 0) is 14.8 Å². The fraction of sp³-hybridized carbons (Fsp3) is 0.571. The summed E-state index contributed by atoms with van der Waals surface area (Å²) in [7, 11) is -4.11. The monoisotopic (exact) mass is 519 g/mol. The Bertz CT molecular complexity index is 973. The van der Waals surface area contributed by atoms with Gasteiger partial charge in [-0.25, -0.2) is 17.8 Å². The van der Waals surface area contributed by atoms with Gasteiger partial charge >= 0.3 is 0 Å². The van der Waals surface area contributed by atoms with E-state index in [4.69, 9.17) is 16.3 Å². The normalized spacial score (nSPS) is 16.0. The Morgan fingerprint density at radius 3 is 2.76 bits per heavy atom. The Balaban J connectivity index is 1.37. The van der Waals surface area contributed by atoms with Crippen molar-refractivity contribution >= 4 is 43.8 Å². The molecule has 1 aromatic heterocycles. The van der Waals surface area contributed by atoms with Gasteiger partial charge in [0.25, 0.3) is 10.0 Å². The van der Waals surface area contributed by atoms with E-state index in [1.54, 1.807) is 5.38 Å². The fourth-order valence-corrected chi connectivity index (χ4v) is 5.62. The zero-order valence-corrected chi connectivity index (χ0v) is 21.0. The molecule has 3 rings (SSSR count). The third-order valence-corrected chi connectivity index (χ3v) is 7.80. The van der Waals surface area contributed by atoms with E-state index < -0.39 is 20.7 Å². The van der Waals surface area contributed by atoms with E-state index in [9.17, 15) is 12.8 Å². The minimum Gasteiger partial charge on any atom is -0.384 e. The number of nitrogens with one attached hydrogen (secondary N) is 4. The first-order valence-electron chi connectivity index (χ1n) is 11.0. The minimum absolute atomic E-state index is 0.141. The molecule has 0 amide bonds. The lowest BCUT2D eigenvalue weighted by Gasteiger charge is -2.25. The summed E-state index contributed by atoms with van der Waals surface area (Å²) < 4.78 is 47.0. The number of rotatable bonds is 13. The van der Waals surface area contributed by atoms with Crippen LogP contribution in [0.5, 0.6) is 0 Å². The van der Waals surface area contributed by atoms with Crippen molar-refractivity contribution in [3.63, 3.8) is 0 Å². The van der Waals surface area contributed by atoms with Gasteiger partial charge in [-0.15, -0.1) is 11.3 Å². The number of benzene rings is 1. The van der Waals surface area contributed by atoms with Gasteiger partial charge in [0.15, 0.2) is 5.13 Å². The molecule has 1 aliphatic rings. The van der Waals surface area contributed by atoms with Crippen LogP contribution in [0.2, 0.25) is 5.02 Å². The number of nitrogens with zero attached hydrogens (tertiary/aromatic N) is 1. The van der Waals surface area contributed by atoms with Crippen molar-refractivity contribution < 1.29 is 17.5 Å². The lowest BCUT2D eigenvalue weighted by Crippen LogP contribution is -2.43. The maximum atomic E-state index is 14.5. The van der Waals surface area contributed by atoms with Gasteiger partial charge in [0, 0.05) is 50.0 Å². The highest BCUT2D eigenvalue weighted by Gasteiger charge is 2.22. The van der Waals surface area contributed by atoms with Crippen LogP contribution in [-0.4, -0.2) is 58.3 Å². The Labute approximate surface area is 203 Å². The molecule has 0 aliphatic carbocycles. The summed E-state index contributed by atoms with van der Waals surface area (Å²) in [5, 5.41) is 12.1. The fourth-order valence-electron chi connectivity index (χ4n) is 3.45. The largest absolute Gasteiger partial charge is 0.384 e. The summed E-state index contributed by atoms with van der Waals surface area (Å²) in [5.74, 6) is -0.876. The number of sulfonamides is 1. The highest BCUT2D eigenvalue weighted by Crippen LogP contribution is 2.29. The SMILES string of the molecule is C[C@H](CNC1CCOCC1)NCCCCNc1cc(F)c(S(=O)(=O)Nc2nccs2)cc1Cl. The van der Waals surface area contributed by atoms with E-state index in [-0.39, 0.29) is 10.2 Å². The smallest absolute Gasteiger partial charge is 0.266 e. The maximum absolute atomic E-state index is 14.5. The molecule has 12 heteroatoms. The second-order valence-electron chi connectivity index (χ2n) is 7.99. The molecule has 1 fully saturated rings. The molecule has 184 valence electrons. The first kappa shape index (κ1) is 26.1. The van der Waals surface area contributed by atoms with Crippen LogP contribution in [0.1, 0.15) is 32.6 Å². The number of halogens is 2. The standard InChI is InChI=1S/C21H31ClFN5O3S2/c1-15(14-27-16-4-9-31-10-5-16)24-6-2-3-7-25-19-13-18(23)20(12-17(19)22)33(29,30)28-21-26-8-11-32-21/h8,11-13,15-16,24-25,27H,2-7,9-10,14H2,1H3,(H,26,28)/t15-/m1/s1. The lowest BCUT2D eigenvalue weighted by atomic mass is 10.1. The highest BCUT2D eigenvalue weighted by molar-refractivity contribution is 7.93. The van der Waals surface area contributed by atoms with E-state index >= 15 is 0 Å². The van der Waals surface area contributed by atoms with Crippen LogP contribution in [0, 0.1) is 5.82 Å². The zero-order chi connectivity index (χ0) is 23.7. The average Bonchev–Trinajstić information content (AvgIpc) is 3.29. The Kier molecular flexibility index (Phi) is 10.1. The van der Waals surface area contributed by atoms with Gasteiger partial charge in [-0.2, -0.15) is 0 Å². The summed E-state index contributed by atoms with van der Waals surface area (Å²) in [6.45, 7) is 6.22. The third kappa shape index (κ3) is 8.34. The van der Waals surface area contributed by atoms with Gasteiger partial charge in [0.05, 0.1) is 10.7 Å². The molecule has 2 aromatic rings. The molecule has 1 saturated heterocycles. The van der Waals surface area contributed by atoms with Gasteiger partial charge in [0.1, 0.15) is 10.7 Å². The molecular weight excluding hydrogens is 489 g/mol. The number of unbranched alkanes of at least 4 members (excludes halogenated alkanes) is 1. The number of anilines is 2. The van der Waals surface area contributed by atoms with E-state index in [2.05, 4.69) is 32.6 Å². The molecule has 2 heterocycles. The Morgan fingerprint density at radius 2 is 2.03 bits per heavy atom. The van der Waals surface area contributed by atoms with Crippen LogP contribution in [0.15, 0.2) is 28.6 Å². The number of hydrogen-bond donors (Lipinski definition) is 4. The first-order valence-corrected chi connectivity index (χ1v) is 13.8. The van der Waals surface area contributed by atoms with Crippen molar-refractivity contribution in [3.8, 4) is 0 Å². The van der Waals surface area contributed by atoms with Crippen molar-refractivity contribution in [1.29, 1.82) is 0 Å². The molecule has 4 N–H and O–H groups in total. The van der Waals surface area contributed by atoms with Gasteiger partial charge in [-0.3, -0.25) is 4.72 Å². The Morgan fingerprint density at radius 1 is 1.27 bits per heavy atom. The predicted molar refractivity (Wildman–Crippen MR) is 131 cm³/mol. The van der Waals surface area contributed by atoms with Crippen LogP contribution >= 0.6 is 22.9 Å². The van der Waals surface area contributed by atoms with E-state index in [1.165, 1.54) is 6.20 Å². The van der Waals surface area contributed by atoms with Crippen molar-refractivity contribution in [3.05, 3.63) is 34.5 Å². The quantitative estimate of drug-likeness (QED) is 0.299. The molecular formula is C21H31ClFN5O3S2. The van der Waals surface area contributed by atoms with Crippen LogP contribution in [0.4, 0.5) is 15.2 Å². The highest BCUT2D eigenvalue weighted by atomic mass is 35.5. The zero-order valence-electron chi connectivity index (χ0n) is 18.6. The molecule has 1 aromatic carbocycles. The van der Waals surface area contributed by atoms with Crippen molar-refractivity contribution in [2.24, 2.45) is 0 Å². The van der Waals surface area contributed by atoms with E-state index in [0.717, 1.165) is 75.5 Å². The number of hydrogen-bond acceptors (Lipinski definition) is 8. The van der Waals surface area contributed by atoms with Gasteiger partial charge in [-0.1, -0.05) is 11.6 Å². The van der Waals surface area contributed by atoms with Gasteiger partial charge in [0.2, 0.25) is 0 Å². The molecule has 0 bridgehead atoms. The molecule has 0 saturated carbocycles. The summed E-state index contributed by atoms with van der Waals surface area (Å²) in [5.41, 5.74) is 0.365. The molecule has 0 radical (unpaired) electrons. The molecule has 1 atom stereocenters. The summed E-state index contributed by atoms with van der Waals surface area (Å²) in [6.07, 6.45) is 5.39. The number of ether oxygens (including phenoxy) is 1.